The molecule has 9 heteroatoms. The van der Waals surface area contributed by atoms with Crippen LogP contribution in [0.1, 0.15) is 32.6 Å². The summed E-state index contributed by atoms with van der Waals surface area (Å²) in [4.78, 5) is 10.1. The third-order valence-corrected chi connectivity index (χ3v) is 5.98. The molecule has 0 bridgehead atoms. The lowest BCUT2D eigenvalue weighted by Crippen LogP contribution is -2.45. The topological polar surface area (TPSA) is 66.5 Å². The van der Waals surface area contributed by atoms with Crippen molar-refractivity contribution in [3.63, 3.8) is 0 Å². The van der Waals surface area contributed by atoms with Gasteiger partial charge >= 0.3 is 0 Å². The van der Waals surface area contributed by atoms with Gasteiger partial charge in [0, 0.05) is 26.1 Å². The highest BCUT2D eigenvalue weighted by atomic mass is 32.2. The van der Waals surface area contributed by atoms with Gasteiger partial charge in [-0.2, -0.15) is 4.31 Å². The number of carbonyl (C=O) groups excluding carboxylic acids is 1. The van der Waals surface area contributed by atoms with Crippen LogP contribution in [0.3, 0.4) is 0 Å². The van der Waals surface area contributed by atoms with Crippen LogP contribution in [0.25, 0.3) is 0 Å². The number of piperidine rings is 1. The molecule has 0 unspecified atom stereocenters. The minimum absolute atomic E-state index is 0.172. The minimum Gasteiger partial charge on any atom is -0.356 e. The average molecular weight is 364 g/mol. The first-order valence-electron chi connectivity index (χ1n) is 7.65. The molecule has 0 spiro atoms. The molecule has 24 heavy (non-hydrogen) atoms. The van der Waals surface area contributed by atoms with Crippen LogP contribution in [0.15, 0.2) is 17.0 Å². The molecule has 1 saturated heterocycles. The van der Waals surface area contributed by atoms with Crippen LogP contribution in [-0.2, 0) is 14.8 Å². The zero-order chi connectivity index (χ0) is 17.9. The van der Waals surface area contributed by atoms with E-state index in [1.54, 1.807) is 0 Å². The van der Waals surface area contributed by atoms with Gasteiger partial charge in [-0.25, -0.2) is 21.6 Å². The molecule has 1 heterocycles. The predicted molar refractivity (Wildman–Crippen MR) is 81.1 cm³/mol. The van der Waals surface area contributed by atoms with Gasteiger partial charge < -0.3 is 5.32 Å². The van der Waals surface area contributed by atoms with E-state index in [2.05, 4.69) is 5.32 Å². The predicted octanol–water partition coefficient (Wildman–Crippen LogP) is 2.17. The Morgan fingerprint density at radius 1 is 1.25 bits per heavy atom. The van der Waals surface area contributed by atoms with Crippen LogP contribution in [0.4, 0.5) is 13.2 Å². The third-order valence-electron chi connectivity index (χ3n) is 4.01. The molecule has 5 nitrogen and oxygen atoms in total. The van der Waals surface area contributed by atoms with E-state index >= 15 is 0 Å². The van der Waals surface area contributed by atoms with Gasteiger partial charge in [-0.05, 0) is 31.4 Å². The SMILES string of the molecule is CC(=O)NCC[C@H]1CCCCN1S(=O)(=O)c1ccc(F)c(F)c1F. The first kappa shape index (κ1) is 18.7. The molecule has 0 aliphatic carbocycles. The maximum atomic E-state index is 13.9. The van der Waals surface area contributed by atoms with Crippen LogP contribution >= 0.6 is 0 Å². The van der Waals surface area contributed by atoms with Crippen LogP contribution in [0.2, 0.25) is 0 Å². The van der Waals surface area contributed by atoms with Crippen LogP contribution in [-0.4, -0.2) is 37.8 Å². The van der Waals surface area contributed by atoms with E-state index in [-0.39, 0.29) is 19.0 Å². The van der Waals surface area contributed by atoms with Crippen molar-refractivity contribution in [3.05, 3.63) is 29.6 Å². The number of sulfonamides is 1. The largest absolute Gasteiger partial charge is 0.356 e. The second kappa shape index (κ2) is 7.52. The molecule has 1 fully saturated rings. The van der Waals surface area contributed by atoms with Crippen molar-refractivity contribution in [2.24, 2.45) is 0 Å². The zero-order valence-electron chi connectivity index (χ0n) is 13.2. The number of amides is 1. The van der Waals surface area contributed by atoms with Crippen molar-refractivity contribution in [3.8, 4) is 0 Å². The van der Waals surface area contributed by atoms with E-state index in [1.165, 1.54) is 6.92 Å². The van der Waals surface area contributed by atoms with Gasteiger partial charge in [0.25, 0.3) is 0 Å². The van der Waals surface area contributed by atoms with Gasteiger partial charge in [-0.3, -0.25) is 4.79 Å². The summed E-state index contributed by atoms with van der Waals surface area (Å²) in [6, 6.07) is 0.910. The van der Waals surface area contributed by atoms with Gasteiger partial charge in [0.1, 0.15) is 4.90 Å². The Labute approximate surface area is 138 Å². The highest BCUT2D eigenvalue weighted by Crippen LogP contribution is 2.29. The highest BCUT2D eigenvalue weighted by Gasteiger charge is 2.36. The lowest BCUT2D eigenvalue weighted by Gasteiger charge is -2.34. The molecule has 2 rings (SSSR count). The second-order valence-electron chi connectivity index (χ2n) is 5.71. The van der Waals surface area contributed by atoms with Gasteiger partial charge in [0.05, 0.1) is 0 Å². The number of nitrogens with zero attached hydrogens (tertiary/aromatic N) is 1. The van der Waals surface area contributed by atoms with Crippen LogP contribution < -0.4 is 5.32 Å². The van der Waals surface area contributed by atoms with Gasteiger partial charge in [-0.1, -0.05) is 6.42 Å². The summed E-state index contributed by atoms with van der Waals surface area (Å²) in [7, 11) is -4.29. The van der Waals surface area contributed by atoms with E-state index in [0.717, 1.165) is 16.8 Å². The number of halogens is 3. The van der Waals surface area contributed by atoms with Crippen molar-refractivity contribution in [2.75, 3.05) is 13.1 Å². The molecule has 0 radical (unpaired) electrons. The molecular formula is C15H19F3N2O3S. The number of hydrogen-bond donors (Lipinski definition) is 1. The summed E-state index contributed by atoms with van der Waals surface area (Å²) in [5, 5.41) is 2.59. The summed E-state index contributed by atoms with van der Waals surface area (Å²) in [6.45, 7) is 1.81. The number of rotatable bonds is 5. The van der Waals surface area contributed by atoms with Crippen molar-refractivity contribution in [2.45, 2.75) is 43.5 Å². The molecule has 1 amide bonds. The summed E-state index contributed by atoms with van der Waals surface area (Å²) in [5.74, 6) is -5.18. The van der Waals surface area contributed by atoms with E-state index in [4.69, 9.17) is 0 Å². The maximum Gasteiger partial charge on any atom is 0.246 e. The normalized spacial score (nSPS) is 19.2. The first-order chi connectivity index (χ1) is 11.2. The zero-order valence-corrected chi connectivity index (χ0v) is 14.0. The average Bonchev–Trinajstić information content (AvgIpc) is 2.52. The Balaban J connectivity index is 2.28. The maximum absolute atomic E-state index is 13.9. The molecule has 1 atom stereocenters. The Bertz CT molecular complexity index is 725. The standard InChI is InChI=1S/C15H19F3N2O3S/c1-10(21)19-8-7-11-4-2-3-9-20(11)24(22,23)13-6-5-12(16)14(17)15(13)18/h5-6,11H,2-4,7-9H2,1H3,(H,19,21)/t11-/m1/s1. The van der Waals surface area contributed by atoms with E-state index in [0.29, 0.717) is 25.3 Å². The van der Waals surface area contributed by atoms with Gasteiger partial charge in [0.15, 0.2) is 17.5 Å². The lowest BCUT2D eigenvalue weighted by molar-refractivity contribution is -0.119. The fourth-order valence-corrected chi connectivity index (χ4v) is 4.61. The monoisotopic (exact) mass is 364 g/mol. The van der Waals surface area contributed by atoms with Crippen LogP contribution in [0.5, 0.6) is 0 Å². The van der Waals surface area contributed by atoms with Gasteiger partial charge in [-0.15, -0.1) is 0 Å². The Morgan fingerprint density at radius 2 is 1.96 bits per heavy atom. The van der Waals surface area contributed by atoms with E-state index in [1.807, 2.05) is 0 Å². The smallest absolute Gasteiger partial charge is 0.246 e. The molecule has 1 aromatic carbocycles. The molecule has 1 aromatic rings. The summed E-state index contributed by atoms with van der Waals surface area (Å²) < 4.78 is 66.9. The number of nitrogens with one attached hydrogen (secondary N) is 1. The Kier molecular flexibility index (Phi) is 5.87. The third kappa shape index (κ3) is 3.89. The molecule has 1 N–H and O–H groups in total. The summed E-state index contributed by atoms with van der Waals surface area (Å²) >= 11 is 0. The van der Waals surface area contributed by atoms with E-state index in [9.17, 15) is 26.4 Å². The van der Waals surface area contributed by atoms with Crippen molar-refractivity contribution in [1.82, 2.24) is 9.62 Å². The lowest BCUT2D eigenvalue weighted by atomic mass is 10.0. The highest BCUT2D eigenvalue weighted by molar-refractivity contribution is 7.89. The van der Waals surface area contributed by atoms with Crippen molar-refractivity contribution in [1.29, 1.82) is 0 Å². The molecule has 0 aromatic heterocycles. The van der Waals surface area contributed by atoms with Crippen molar-refractivity contribution >= 4 is 15.9 Å². The van der Waals surface area contributed by atoms with Gasteiger partial charge in [0.2, 0.25) is 15.9 Å². The van der Waals surface area contributed by atoms with Crippen LogP contribution in [0, 0.1) is 17.5 Å². The molecule has 1 aliphatic rings. The molecule has 1 aliphatic heterocycles. The minimum atomic E-state index is -4.29. The molecule has 0 saturated carbocycles. The number of carbonyl (C=O) groups is 1. The Hall–Kier alpha value is -1.61. The molecule has 134 valence electrons. The first-order valence-corrected chi connectivity index (χ1v) is 9.09. The second-order valence-corrected chi connectivity index (χ2v) is 7.57. The quantitative estimate of drug-likeness (QED) is 0.815. The number of benzene rings is 1. The number of hydrogen-bond acceptors (Lipinski definition) is 3. The fraction of sp³-hybridized carbons (Fsp3) is 0.533. The molecular weight excluding hydrogens is 345 g/mol. The van der Waals surface area contributed by atoms with E-state index < -0.39 is 38.4 Å². The summed E-state index contributed by atoms with van der Waals surface area (Å²) in [5.41, 5.74) is 0. The fourth-order valence-electron chi connectivity index (χ4n) is 2.83. The van der Waals surface area contributed by atoms with Crippen molar-refractivity contribution < 1.29 is 26.4 Å². The Morgan fingerprint density at radius 3 is 2.62 bits per heavy atom. The summed E-state index contributed by atoms with van der Waals surface area (Å²) in [6.07, 6.45) is 2.33.